The average Bonchev–Trinajstić information content (AvgIpc) is 2.94. The Labute approximate surface area is 124 Å². The Hall–Kier alpha value is -1.61. The predicted molar refractivity (Wildman–Crippen MR) is 84.1 cm³/mol. The minimum Gasteiger partial charge on any atom is -0.496 e. The molecular weight excluding hydrogens is 268 g/mol. The second kappa shape index (κ2) is 6.71. The number of thiophene rings is 1. The van der Waals surface area contributed by atoms with Gasteiger partial charge in [-0.05, 0) is 55.3 Å². The van der Waals surface area contributed by atoms with Gasteiger partial charge >= 0.3 is 0 Å². The van der Waals surface area contributed by atoms with Gasteiger partial charge in [0, 0.05) is 11.3 Å². The molecule has 0 unspecified atom stereocenters. The van der Waals surface area contributed by atoms with E-state index in [2.05, 4.69) is 11.4 Å². The molecule has 0 amide bonds. The van der Waals surface area contributed by atoms with Crippen molar-refractivity contribution in [2.75, 3.05) is 7.11 Å². The van der Waals surface area contributed by atoms with Crippen molar-refractivity contribution >= 4 is 17.1 Å². The Morgan fingerprint density at radius 1 is 1.25 bits per heavy atom. The topological polar surface area (TPSA) is 26.3 Å². The molecule has 0 spiro atoms. The van der Waals surface area contributed by atoms with Crippen LogP contribution >= 0.6 is 11.3 Å². The molecule has 0 N–H and O–H groups in total. The first-order valence-corrected chi connectivity index (χ1v) is 7.71. The van der Waals surface area contributed by atoms with Crippen molar-refractivity contribution in [3.8, 4) is 5.75 Å². The van der Waals surface area contributed by atoms with Crippen LogP contribution in [0.4, 0.5) is 0 Å². The van der Waals surface area contributed by atoms with Crippen molar-refractivity contribution in [2.45, 2.75) is 33.1 Å². The molecule has 0 fully saturated rings. The number of Topliss-reactive ketones (excluding diaryl/α,β-unsaturated/α-hetero) is 1. The van der Waals surface area contributed by atoms with Gasteiger partial charge in [0.2, 0.25) is 0 Å². The zero-order valence-electron chi connectivity index (χ0n) is 12.2. The van der Waals surface area contributed by atoms with Crippen LogP contribution in [0.5, 0.6) is 5.75 Å². The number of rotatable bonds is 6. The molecule has 0 bridgehead atoms. The predicted octanol–water partition coefficient (Wildman–Crippen LogP) is 4.58. The first-order chi connectivity index (χ1) is 9.63. The normalized spacial score (nSPS) is 10.6. The highest BCUT2D eigenvalue weighted by atomic mass is 32.1. The summed E-state index contributed by atoms with van der Waals surface area (Å²) in [6.45, 7) is 4.03. The van der Waals surface area contributed by atoms with Crippen molar-refractivity contribution in [1.82, 2.24) is 0 Å². The molecular formula is C17H20O2S. The van der Waals surface area contributed by atoms with Gasteiger partial charge in [-0.2, -0.15) is 0 Å². The maximum atomic E-state index is 12.3. The van der Waals surface area contributed by atoms with Gasteiger partial charge in [0.25, 0.3) is 0 Å². The van der Waals surface area contributed by atoms with Gasteiger partial charge in [-0.15, -0.1) is 11.3 Å². The van der Waals surface area contributed by atoms with E-state index < -0.39 is 0 Å². The molecule has 1 heterocycles. The summed E-state index contributed by atoms with van der Waals surface area (Å²) in [5.41, 5.74) is 2.91. The Morgan fingerprint density at radius 3 is 2.70 bits per heavy atom. The summed E-state index contributed by atoms with van der Waals surface area (Å²) in [5, 5.41) is 2.07. The van der Waals surface area contributed by atoms with Crippen molar-refractivity contribution in [3.63, 3.8) is 0 Å². The average molecular weight is 288 g/mol. The van der Waals surface area contributed by atoms with Crippen molar-refractivity contribution in [1.29, 1.82) is 0 Å². The number of methoxy groups -OCH3 is 1. The SMILES string of the molecule is COc1c(C(=O)CCCc2cccs2)ccc(C)c1C. The lowest BCUT2D eigenvalue weighted by Crippen LogP contribution is -2.05. The number of aryl methyl sites for hydroxylation is 2. The van der Waals surface area contributed by atoms with Gasteiger partial charge in [0.05, 0.1) is 12.7 Å². The summed E-state index contributed by atoms with van der Waals surface area (Å²) < 4.78 is 5.41. The van der Waals surface area contributed by atoms with Crippen molar-refractivity contribution < 1.29 is 9.53 Å². The third-order valence-electron chi connectivity index (χ3n) is 3.59. The van der Waals surface area contributed by atoms with E-state index in [0.29, 0.717) is 12.0 Å². The van der Waals surface area contributed by atoms with Crippen LogP contribution in [0.2, 0.25) is 0 Å². The van der Waals surface area contributed by atoms with Crippen LogP contribution in [0.15, 0.2) is 29.6 Å². The van der Waals surface area contributed by atoms with E-state index in [0.717, 1.165) is 29.7 Å². The number of carbonyl (C=O) groups excluding carboxylic acids is 1. The molecule has 2 nitrogen and oxygen atoms in total. The molecule has 2 rings (SSSR count). The van der Waals surface area contributed by atoms with E-state index in [1.165, 1.54) is 4.88 Å². The Morgan fingerprint density at radius 2 is 2.05 bits per heavy atom. The highest BCUT2D eigenvalue weighted by Gasteiger charge is 2.15. The largest absolute Gasteiger partial charge is 0.496 e. The Kier molecular flexibility index (Phi) is 4.96. The molecule has 0 aliphatic heterocycles. The third-order valence-corrected chi connectivity index (χ3v) is 4.52. The molecule has 20 heavy (non-hydrogen) atoms. The number of ether oxygens (including phenoxy) is 1. The number of benzene rings is 1. The zero-order valence-corrected chi connectivity index (χ0v) is 13.0. The monoisotopic (exact) mass is 288 g/mol. The number of hydrogen-bond donors (Lipinski definition) is 0. The lowest BCUT2D eigenvalue weighted by Gasteiger charge is -2.12. The first kappa shape index (κ1) is 14.8. The summed E-state index contributed by atoms with van der Waals surface area (Å²) in [6, 6.07) is 8.04. The molecule has 106 valence electrons. The maximum Gasteiger partial charge on any atom is 0.166 e. The van der Waals surface area contributed by atoms with Crippen LogP contribution < -0.4 is 4.74 Å². The van der Waals surface area contributed by atoms with E-state index in [1.54, 1.807) is 18.4 Å². The fourth-order valence-electron chi connectivity index (χ4n) is 2.29. The van der Waals surface area contributed by atoms with Gasteiger partial charge in [-0.1, -0.05) is 12.1 Å². The summed E-state index contributed by atoms with van der Waals surface area (Å²) in [5.74, 6) is 0.896. The highest BCUT2D eigenvalue weighted by molar-refractivity contribution is 7.09. The van der Waals surface area contributed by atoms with Gasteiger partial charge in [-0.3, -0.25) is 4.79 Å². The van der Waals surface area contributed by atoms with Crippen molar-refractivity contribution in [2.24, 2.45) is 0 Å². The molecule has 3 heteroatoms. The molecule has 0 radical (unpaired) electrons. The van der Waals surface area contributed by atoms with E-state index in [1.807, 2.05) is 32.0 Å². The van der Waals surface area contributed by atoms with E-state index in [-0.39, 0.29) is 5.78 Å². The third kappa shape index (κ3) is 3.28. The summed E-state index contributed by atoms with van der Waals surface area (Å²) in [7, 11) is 1.63. The quantitative estimate of drug-likeness (QED) is 0.727. The van der Waals surface area contributed by atoms with Crippen LogP contribution in [0.25, 0.3) is 0 Å². The lowest BCUT2D eigenvalue weighted by atomic mass is 9.99. The Balaban J connectivity index is 2.04. The van der Waals surface area contributed by atoms with Gasteiger partial charge in [0.15, 0.2) is 5.78 Å². The lowest BCUT2D eigenvalue weighted by molar-refractivity contribution is 0.0977. The molecule has 1 aromatic carbocycles. The molecule has 0 aliphatic carbocycles. The zero-order chi connectivity index (χ0) is 14.5. The van der Waals surface area contributed by atoms with Crippen LogP contribution in [-0.4, -0.2) is 12.9 Å². The highest BCUT2D eigenvalue weighted by Crippen LogP contribution is 2.27. The first-order valence-electron chi connectivity index (χ1n) is 6.83. The molecule has 1 aromatic heterocycles. The summed E-state index contributed by atoms with van der Waals surface area (Å²) in [4.78, 5) is 13.7. The fraction of sp³-hybridized carbons (Fsp3) is 0.353. The van der Waals surface area contributed by atoms with Crippen LogP contribution in [-0.2, 0) is 6.42 Å². The molecule has 0 saturated heterocycles. The number of carbonyl (C=O) groups is 1. The van der Waals surface area contributed by atoms with E-state index >= 15 is 0 Å². The maximum absolute atomic E-state index is 12.3. The van der Waals surface area contributed by atoms with Crippen LogP contribution in [0.1, 0.15) is 39.2 Å². The van der Waals surface area contributed by atoms with Gasteiger partial charge in [-0.25, -0.2) is 0 Å². The molecule has 0 atom stereocenters. The standard InChI is InChI=1S/C17H20O2S/c1-12-9-10-15(17(19-3)13(12)2)16(18)8-4-6-14-7-5-11-20-14/h5,7,9-11H,4,6,8H2,1-3H3. The van der Waals surface area contributed by atoms with Crippen molar-refractivity contribution in [3.05, 3.63) is 51.2 Å². The second-order valence-corrected chi connectivity index (χ2v) is 5.98. The van der Waals surface area contributed by atoms with Crippen LogP contribution in [0.3, 0.4) is 0 Å². The molecule has 0 aliphatic rings. The van der Waals surface area contributed by atoms with Gasteiger partial charge in [0.1, 0.15) is 5.75 Å². The fourth-order valence-corrected chi connectivity index (χ4v) is 3.04. The van der Waals surface area contributed by atoms with Crippen LogP contribution in [0, 0.1) is 13.8 Å². The number of hydrogen-bond acceptors (Lipinski definition) is 3. The number of ketones is 1. The van der Waals surface area contributed by atoms with E-state index in [4.69, 9.17) is 4.74 Å². The summed E-state index contributed by atoms with van der Waals surface area (Å²) >= 11 is 1.75. The minimum absolute atomic E-state index is 0.168. The second-order valence-electron chi connectivity index (χ2n) is 4.94. The minimum atomic E-state index is 0.168. The molecule has 2 aromatic rings. The van der Waals surface area contributed by atoms with Gasteiger partial charge < -0.3 is 4.74 Å². The Bertz CT molecular complexity index is 585. The molecule has 0 saturated carbocycles. The van der Waals surface area contributed by atoms with E-state index in [9.17, 15) is 4.79 Å². The summed E-state index contributed by atoms with van der Waals surface area (Å²) in [6.07, 6.45) is 2.42. The smallest absolute Gasteiger partial charge is 0.166 e.